The third kappa shape index (κ3) is 6.99. The van der Waals surface area contributed by atoms with Crippen molar-refractivity contribution in [3.05, 3.63) is 66.0 Å². The Labute approximate surface area is 224 Å². The van der Waals surface area contributed by atoms with E-state index in [2.05, 4.69) is 20.0 Å². The molecule has 38 heavy (non-hydrogen) atoms. The van der Waals surface area contributed by atoms with E-state index in [0.717, 1.165) is 29.4 Å². The summed E-state index contributed by atoms with van der Waals surface area (Å²) in [5, 5.41) is 2.85. The number of carbonyl (C=O) groups excluding carboxylic acids is 2. The number of likely N-dealkylation sites (tertiary alicyclic amines) is 1. The Morgan fingerprint density at radius 1 is 1.08 bits per heavy atom. The molecular weight excluding hydrogens is 502 g/mol. The van der Waals surface area contributed by atoms with Crippen molar-refractivity contribution in [3.63, 3.8) is 0 Å². The first-order chi connectivity index (χ1) is 18.1. The molecule has 1 aliphatic heterocycles. The van der Waals surface area contributed by atoms with Crippen LogP contribution in [0, 0.1) is 5.92 Å². The first-order valence-electron chi connectivity index (χ1n) is 13.2. The topological polar surface area (TPSA) is 124 Å². The molecular formula is C28H37N5O4S. The number of carbonyl (C=O) groups is 2. The average molecular weight is 540 g/mol. The quantitative estimate of drug-likeness (QED) is 0.342. The molecule has 1 aliphatic rings. The number of hydrogen-bond acceptors (Lipinski definition) is 5. The normalized spacial score (nSPS) is 17.6. The van der Waals surface area contributed by atoms with E-state index in [0.29, 0.717) is 18.8 Å². The van der Waals surface area contributed by atoms with Crippen LogP contribution in [0.2, 0.25) is 0 Å². The molecule has 3 atom stereocenters. The number of nitrogens with one attached hydrogen (secondary N) is 3. The molecule has 204 valence electrons. The standard InChI is InChI=1S/C28H37N5O4S/c1-19(2)15-17-38(36,37)32-24(18-26(34)33-16-9-14-25(33)21-10-5-4-6-11-21)28(35)29-20(3)27-30-22-12-7-8-13-23(22)31-27/h4-8,10-13,19-20,24-25,32H,9,14-18H2,1-3H3,(H,29,35)(H,30,31)/t20?,24?,25-/m0/s1. The lowest BCUT2D eigenvalue weighted by atomic mass is 10.0. The minimum absolute atomic E-state index is 0.0839. The molecule has 0 spiro atoms. The number of fused-ring (bicyclic) bond motifs is 1. The zero-order valence-corrected chi connectivity index (χ0v) is 23.0. The summed E-state index contributed by atoms with van der Waals surface area (Å²) in [6, 6.07) is 15.5. The van der Waals surface area contributed by atoms with E-state index >= 15 is 0 Å². The molecule has 2 amide bonds. The van der Waals surface area contributed by atoms with Crippen LogP contribution in [0.25, 0.3) is 11.0 Å². The van der Waals surface area contributed by atoms with Gasteiger partial charge >= 0.3 is 0 Å². The maximum absolute atomic E-state index is 13.5. The fraction of sp³-hybridized carbons (Fsp3) is 0.464. The summed E-state index contributed by atoms with van der Waals surface area (Å²) in [7, 11) is -3.78. The largest absolute Gasteiger partial charge is 0.345 e. The number of nitrogens with zero attached hydrogens (tertiary/aromatic N) is 2. The second-order valence-electron chi connectivity index (χ2n) is 10.4. The van der Waals surface area contributed by atoms with Crippen LogP contribution >= 0.6 is 0 Å². The van der Waals surface area contributed by atoms with Gasteiger partial charge in [0, 0.05) is 6.54 Å². The van der Waals surface area contributed by atoms with Crippen LogP contribution in [0.3, 0.4) is 0 Å². The van der Waals surface area contributed by atoms with Crippen LogP contribution in [0.4, 0.5) is 0 Å². The first-order valence-corrected chi connectivity index (χ1v) is 14.9. The highest BCUT2D eigenvalue weighted by Crippen LogP contribution is 2.32. The molecule has 2 unspecified atom stereocenters. The van der Waals surface area contributed by atoms with E-state index in [1.165, 1.54) is 0 Å². The van der Waals surface area contributed by atoms with E-state index < -0.39 is 28.0 Å². The fourth-order valence-corrected chi connectivity index (χ4v) is 6.32. The lowest BCUT2D eigenvalue weighted by molar-refractivity contribution is -0.135. The second-order valence-corrected chi connectivity index (χ2v) is 12.3. The summed E-state index contributed by atoms with van der Waals surface area (Å²) in [4.78, 5) is 36.4. The van der Waals surface area contributed by atoms with Gasteiger partial charge in [-0.25, -0.2) is 18.1 Å². The predicted octanol–water partition coefficient (Wildman–Crippen LogP) is 3.83. The van der Waals surface area contributed by atoms with E-state index in [1.807, 2.05) is 68.4 Å². The Bertz CT molecular complexity index is 1320. The number of rotatable bonds is 11. The lowest BCUT2D eigenvalue weighted by Gasteiger charge is -2.27. The Hall–Kier alpha value is -3.24. The van der Waals surface area contributed by atoms with Crippen LogP contribution in [0.15, 0.2) is 54.6 Å². The number of H-pyrrole nitrogens is 1. The summed E-state index contributed by atoms with van der Waals surface area (Å²) in [6.45, 7) is 6.22. The third-order valence-corrected chi connectivity index (χ3v) is 8.33. The number of aromatic nitrogens is 2. The van der Waals surface area contributed by atoms with Gasteiger partial charge in [-0.05, 0) is 49.8 Å². The molecule has 2 heterocycles. The van der Waals surface area contributed by atoms with Gasteiger partial charge in [-0.3, -0.25) is 9.59 Å². The maximum atomic E-state index is 13.5. The fourth-order valence-electron chi connectivity index (χ4n) is 4.79. The van der Waals surface area contributed by atoms with Gasteiger partial charge in [0.1, 0.15) is 11.9 Å². The van der Waals surface area contributed by atoms with E-state index in [1.54, 1.807) is 11.8 Å². The molecule has 1 fully saturated rings. The number of sulfonamides is 1. The van der Waals surface area contributed by atoms with Crippen molar-refractivity contribution in [3.8, 4) is 0 Å². The number of para-hydroxylation sites is 2. The highest BCUT2D eigenvalue weighted by molar-refractivity contribution is 7.89. The van der Waals surface area contributed by atoms with Gasteiger partial charge in [0.25, 0.3) is 0 Å². The molecule has 1 saturated heterocycles. The van der Waals surface area contributed by atoms with E-state index in [4.69, 9.17) is 0 Å². The average Bonchev–Trinajstić information content (AvgIpc) is 3.55. The Kier molecular flexibility index (Phi) is 8.83. The van der Waals surface area contributed by atoms with Crippen molar-refractivity contribution < 1.29 is 18.0 Å². The monoisotopic (exact) mass is 539 g/mol. The van der Waals surface area contributed by atoms with Crippen molar-refractivity contribution in [2.45, 2.75) is 64.6 Å². The highest BCUT2D eigenvalue weighted by Gasteiger charge is 2.34. The summed E-state index contributed by atoms with van der Waals surface area (Å²) >= 11 is 0. The van der Waals surface area contributed by atoms with Crippen LogP contribution in [0.1, 0.15) is 69.9 Å². The highest BCUT2D eigenvalue weighted by atomic mass is 32.2. The summed E-state index contributed by atoms with van der Waals surface area (Å²) in [5.74, 6) is -0.187. The zero-order chi connectivity index (χ0) is 27.3. The Balaban J connectivity index is 1.51. The number of amides is 2. The minimum atomic E-state index is -3.78. The van der Waals surface area contributed by atoms with Gasteiger partial charge in [0.15, 0.2) is 0 Å². The molecule has 0 bridgehead atoms. The predicted molar refractivity (Wildman–Crippen MR) is 148 cm³/mol. The number of hydrogen-bond donors (Lipinski definition) is 3. The van der Waals surface area contributed by atoms with Crippen LogP contribution in [-0.2, 0) is 19.6 Å². The second kappa shape index (κ2) is 12.1. The van der Waals surface area contributed by atoms with Crippen LogP contribution in [-0.4, -0.2) is 53.4 Å². The van der Waals surface area contributed by atoms with Crippen molar-refractivity contribution in [1.82, 2.24) is 24.9 Å². The molecule has 0 aliphatic carbocycles. The number of imidazole rings is 1. The molecule has 10 heteroatoms. The first kappa shape index (κ1) is 27.8. The van der Waals surface area contributed by atoms with Crippen molar-refractivity contribution in [1.29, 1.82) is 0 Å². The van der Waals surface area contributed by atoms with Crippen molar-refractivity contribution >= 4 is 32.9 Å². The van der Waals surface area contributed by atoms with Crippen LogP contribution < -0.4 is 10.0 Å². The van der Waals surface area contributed by atoms with Gasteiger partial charge in [0.2, 0.25) is 21.8 Å². The molecule has 0 saturated carbocycles. The van der Waals surface area contributed by atoms with Crippen molar-refractivity contribution in [2.24, 2.45) is 5.92 Å². The Morgan fingerprint density at radius 3 is 2.50 bits per heavy atom. The number of aromatic amines is 1. The van der Waals surface area contributed by atoms with E-state index in [9.17, 15) is 18.0 Å². The van der Waals surface area contributed by atoms with Gasteiger partial charge in [-0.15, -0.1) is 0 Å². The van der Waals surface area contributed by atoms with Gasteiger partial charge in [0.05, 0.1) is 35.3 Å². The molecule has 9 nitrogen and oxygen atoms in total. The van der Waals surface area contributed by atoms with Crippen molar-refractivity contribution in [2.75, 3.05) is 12.3 Å². The molecule has 4 rings (SSSR count). The van der Waals surface area contributed by atoms with Crippen LogP contribution in [0.5, 0.6) is 0 Å². The molecule has 1 aromatic heterocycles. The summed E-state index contributed by atoms with van der Waals surface area (Å²) in [6.07, 6.45) is 1.87. The molecule has 0 radical (unpaired) electrons. The van der Waals surface area contributed by atoms with Gasteiger partial charge in [-0.1, -0.05) is 56.3 Å². The summed E-state index contributed by atoms with van der Waals surface area (Å²) in [5.41, 5.74) is 2.65. The number of benzene rings is 2. The smallest absolute Gasteiger partial charge is 0.239 e. The van der Waals surface area contributed by atoms with E-state index in [-0.39, 0.29) is 30.0 Å². The summed E-state index contributed by atoms with van der Waals surface area (Å²) < 4.78 is 28.3. The lowest BCUT2D eigenvalue weighted by Crippen LogP contribution is -2.50. The molecule has 2 aromatic carbocycles. The maximum Gasteiger partial charge on any atom is 0.239 e. The molecule has 3 aromatic rings. The minimum Gasteiger partial charge on any atom is -0.345 e. The Morgan fingerprint density at radius 2 is 1.79 bits per heavy atom. The zero-order valence-electron chi connectivity index (χ0n) is 22.2. The van der Waals surface area contributed by atoms with Gasteiger partial charge in [-0.2, -0.15) is 0 Å². The van der Waals surface area contributed by atoms with Gasteiger partial charge < -0.3 is 15.2 Å². The SMILES string of the molecule is CC(C)CCS(=O)(=O)NC(CC(=O)N1CCC[C@H]1c1ccccc1)C(=O)NC(C)c1nc2ccccc2[nH]1. The third-order valence-electron chi connectivity index (χ3n) is 6.92. The molecule has 3 N–H and O–H groups in total.